The number of aromatic nitrogens is 2. The van der Waals surface area contributed by atoms with Crippen molar-refractivity contribution in [2.75, 3.05) is 25.6 Å². The number of ether oxygens (including phenoxy) is 2. The van der Waals surface area contributed by atoms with E-state index in [1.807, 2.05) is 0 Å². The number of alkyl carbamates (subject to hydrolysis) is 1. The summed E-state index contributed by atoms with van der Waals surface area (Å²) in [5.74, 6) is 0.270. The van der Waals surface area contributed by atoms with Gasteiger partial charge < -0.3 is 25.4 Å². The fraction of sp³-hybridized carbons (Fsp3) is 0.385. The normalized spacial score (nSPS) is 12.2. The molecule has 1 heterocycles. The van der Waals surface area contributed by atoms with Gasteiger partial charge in [-0.3, -0.25) is 9.36 Å². The van der Waals surface area contributed by atoms with Crippen LogP contribution in [-0.4, -0.2) is 47.5 Å². The van der Waals surface area contributed by atoms with Crippen LogP contribution in [-0.2, 0) is 9.47 Å². The Morgan fingerprint density at radius 1 is 1.16 bits per heavy atom. The van der Waals surface area contributed by atoms with Gasteiger partial charge >= 0.3 is 12.1 Å². The molecule has 37 heavy (non-hydrogen) atoms. The van der Waals surface area contributed by atoms with E-state index in [-0.39, 0.29) is 22.3 Å². The Morgan fingerprint density at radius 2 is 1.89 bits per heavy atom. The third kappa shape index (κ3) is 7.43. The second kappa shape index (κ2) is 12.1. The Bertz CT molecular complexity index is 1340. The summed E-state index contributed by atoms with van der Waals surface area (Å²) in [4.78, 5) is 43.1. The number of fused-ring (bicyclic) bond motifs is 1. The number of urea groups is 1. The summed E-state index contributed by atoms with van der Waals surface area (Å²) in [6.07, 6.45) is 0.0296. The van der Waals surface area contributed by atoms with E-state index >= 15 is 0 Å². The van der Waals surface area contributed by atoms with E-state index in [1.165, 1.54) is 4.57 Å². The fourth-order valence-corrected chi connectivity index (χ4v) is 3.86. The van der Waals surface area contributed by atoms with Crippen molar-refractivity contribution >= 4 is 40.3 Å². The first kappa shape index (κ1) is 27.9. The highest BCUT2D eigenvalue weighted by Gasteiger charge is 2.23. The maximum absolute atomic E-state index is 13.7. The number of halogens is 1. The van der Waals surface area contributed by atoms with Gasteiger partial charge in [-0.2, -0.15) is 0 Å². The summed E-state index contributed by atoms with van der Waals surface area (Å²) in [6, 6.07) is 10.7. The predicted octanol–water partition coefficient (Wildman–Crippen LogP) is 4.78. The van der Waals surface area contributed by atoms with E-state index in [0.717, 1.165) is 0 Å². The molecule has 11 heteroatoms. The fourth-order valence-electron chi connectivity index (χ4n) is 3.61. The molecule has 1 aromatic heterocycles. The smallest absolute Gasteiger partial charge is 0.408 e. The maximum atomic E-state index is 13.7. The molecule has 2 aromatic carbocycles. The van der Waals surface area contributed by atoms with Crippen molar-refractivity contribution in [3.05, 3.63) is 63.7 Å². The second-order valence-corrected chi connectivity index (χ2v) is 9.80. The van der Waals surface area contributed by atoms with Crippen molar-refractivity contribution in [2.24, 2.45) is 0 Å². The van der Waals surface area contributed by atoms with Gasteiger partial charge in [-0.1, -0.05) is 23.7 Å². The lowest BCUT2D eigenvalue weighted by Crippen LogP contribution is -2.37. The van der Waals surface area contributed by atoms with E-state index in [2.05, 4.69) is 20.9 Å². The van der Waals surface area contributed by atoms with Gasteiger partial charge in [-0.25, -0.2) is 14.6 Å². The molecule has 3 N–H and O–H groups in total. The topological polar surface area (TPSA) is 124 Å². The molecular weight excluding hydrogens is 498 g/mol. The number of nitrogens with one attached hydrogen (secondary N) is 3. The summed E-state index contributed by atoms with van der Waals surface area (Å²) >= 11 is 6.36. The van der Waals surface area contributed by atoms with Crippen LogP contribution >= 0.6 is 11.6 Å². The molecular formula is C26H32ClN5O5. The van der Waals surface area contributed by atoms with Crippen LogP contribution in [0.5, 0.6) is 0 Å². The first-order valence-electron chi connectivity index (χ1n) is 11.8. The maximum Gasteiger partial charge on any atom is 0.408 e. The minimum absolute atomic E-state index is 0.242. The SMILES string of the molecule is COCCCNC(=O)Nc1cccc(-n2c([C@H](C)NC(=O)OC(C)(C)C)nc3cccc(Cl)c3c2=O)c1. The molecule has 0 saturated heterocycles. The molecule has 0 aliphatic rings. The highest BCUT2D eigenvalue weighted by Crippen LogP contribution is 2.24. The predicted molar refractivity (Wildman–Crippen MR) is 144 cm³/mol. The Kier molecular flexibility index (Phi) is 9.12. The second-order valence-electron chi connectivity index (χ2n) is 9.39. The first-order valence-corrected chi connectivity index (χ1v) is 12.2. The Balaban J connectivity index is 2.01. The van der Waals surface area contributed by atoms with Crippen LogP contribution in [0.4, 0.5) is 15.3 Å². The average molecular weight is 530 g/mol. The summed E-state index contributed by atoms with van der Waals surface area (Å²) in [6.45, 7) is 7.97. The lowest BCUT2D eigenvalue weighted by atomic mass is 10.2. The summed E-state index contributed by atoms with van der Waals surface area (Å²) < 4.78 is 11.7. The van der Waals surface area contributed by atoms with E-state index in [4.69, 9.17) is 21.1 Å². The summed E-state index contributed by atoms with van der Waals surface area (Å²) in [5, 5.41) is 8.75. The number of nitrogens with zero attached hydrogens (tertiary/aromatic N) is 2. The minimum Gasteiger partial charge on any atom is -0.444 e. The number of anilines is 1. The van der Waals surface area contributed by atoms with Crippen LogP contribution in [0.25, 0.3) is 16.6 Å². The van der Waals surface area contributed by atoms with E-state index in [1.54, 1.807) is 77.3 Å². The molecule has 10 nitrogen and oxygen atoms in total. The molecule has 3 rings (SSSR count). The number of rotatable bonds is 8. The highest BCUT2D eigenvalue weighted by atomic mass is 35.5. The Morgan fingerprint density at radius 3 is 2.59 bits per heavy atom. The zero-order valence-electron chi connectivity index (χ0n) is 21.6. The number of methoxy groups -OCH3 is 1. The van der Waals surface area contributed by atoms with E-state index in [0.29, 0.717) is 36.5 Å². The molecule has 0 fully saturated rings. The Labute approximate surface area is 220 Å². The number of amides is 3. The zero-order chi connectivity index (χ0) is 27.2. The van der Waals surface area contributed by atoms with Crippen LogP contribution in [0.2, 0.25) is 5.02 Å². The van der Waals surface area contributed by atoms with Crippen LogP contribution in [0, 0.1) is 0 Å². The largest absolute Gasteiger partial charge is 0.444 e. The molecule has 3 aromatic rings. The number of benzene rings is 2. The van der Waals surface area contributed by atoms with E-state index < -0.39 is 23.3 Å². The number of hydrogen-bond donors (Lipinski definition) is 3. The summed E-state index contributed by atoms with van der Waals surface area (Å²) in [7, 11) is 1.60. The molecule has 1 atom stereocenters. The quantitative estimate of drug-likeness (QED) is 0.361. The van der Waals surface area contributed by atoms with Gasteiger partial charge in [0.15, 0.2) is 0 Å². The number of hydrogen-bond acceptors (Lipinski definition) is 6. The van der Waals surface area contributed by atoms with Crippen LogP contribution < -0.4 is 21.5 Å². The molecule has 3 amide bonds. The molecule has 0 unspecified atom stereocenters. The van der Waals surface area contributed by atoms with Gasteiger partial charge in [0.05, 0.1) is 27.7 Å². The third-order valence-electron chi connectivity index (χ3n) is 5.17. The van der Waals surface area contributed by atoms with Crippen molar-refractivity contribution in [3.8, 4) is 5.69 Å². The third-order valence-corrected chi connectivity index (χ3v) is 5.48. The van der Waals surface area contributed by atoms with Crippen molar-refractivity contribution in [3.63, 3.8) is 0 Å². The lowest BCUT2D eigenvalue weighted by Gasteiger charge is -2.23. The molecule has 0 aliphatic carbocycles. The zero-order valence-corrected chi connectivity index (χ0v) is 22.3. The van der Waals surface area contributed by atoms with Crippen molar-refractivity contribution in [1.29, 1.82) is 0 Å². The first-order chi connectivity index (χ1) is 17.5. The molecule has 0 radical (unpaired) electrons. The number of carbonyl (C=O) groups excluding carboxylic acids is 2. The van der Waals surface area contributed by atoms with Gasteiger partial charge in [-0.15, -0.1) is 0 Å². The summed E-state index contributed by atoms with van der Waals surface area (Å²) in [5.41, 5.74) is 0.185. The standard InChI is InChI=1S/C26H32ClN5O5/c1-16(29-25(35)37-26(2,3)4)22-31-20-12-7-11-19(27)21(20)23(33)32(22)18-10-6-9-17(15-18)30-24(34)28-13-8-14-36-5/h6-7,9-12,15-16H,8,13-14H2,1-5H3,(H,29,35)(H2,28,30,34)/t16-/m0/s1. The van der Waals surface area contributed by atoms with Gasteiger partial charge in [0.2, 0.25) is 0 Å². The Hall–Kier alpha value is -3.63. The van der Waals surface area contributed by atoms with Crippen LogP contribution in [0.3, 0.4) is 0 Å². The number of carbonyl (C=O) groups is 2. The van der Waals surface area contributed by atoms with Crippen LogP contribution in [0.1, 0.15) is 46.0 Å². The molecule has 0 aliphatic heterocycles. The lowest BCUT2D eigenvalue weighted by molar-refractivity contribution is 0.0505. The van der Waals surface area contributed by atoms with Gasteiger partial charge in [0.25, 0.3) is 5.56 Å². The van der Waals surface area contributed by atoms with Crippen molar-refractivity contribution < 1.29 is 19.1 Å². The van der Waals surface area contributed by atoms with Crippen molar-refractivity contribution in [1.82, 2.24) is 20.2 Å². The van der Waals surface area contributed by atoms with Crippen LogP contribution in [0.15, 0.2) is 47.3 Å². The van der Waals surface area contributed by atoms with Gasteiger partial charge in [-0.05, 0) is 64.4 Å². The molecule has 0 saturated carbocycles. The van der Waals surface area contributed by atoms with Gasteiger partial charge in [0.1, 0.15) is 11.4 Å². The van der Waals surface area contributed by atoms with Crippen molar-refractivity contribution in [2.45, 2.75) is 45.8 Å². The minimum atomic E-state index is -0.702. The monoisotopic (exact) mass is 529 g/mol. The molecule has 198 valence electrons. The molecule has 0 spiro atoms. The average Bonchev–Trinajstić information content (AvgIpc) is 2.80. The van der Waals surface area contributed by atoms with E-state index in [9.17, 15) is 14.4 Å². The highest BCUT2D eigenvalue weighted by molar-refractivity contribution is 6.35. The van der Waals surface area contributed by atoms with Gasteiger partial charge in [0, 0.05) is 25.9 Å². The molecule has 0 bridgehead atoms.